The smallest absolute Gasteiger partial charge is 0.243 e. The summed E-state index contributed by atoms with van der Waals surface area (Å²) in [6.45, 7) is 0.616. The molecular formula is C22H21Cl2FN4O3S. The maximum Gasteiger partial charge on any atom is 0.243 e. The van der Waals surface area contributed by atoms with Gasteiger partial charge >= 0.3 is 0 Å². The number of sulfonamides is 1. The lowest BCUT2D eigenvalue weighted by Gasteiger charge is -2.30. The molecule has 0 bridgehead atoms. The van der Waals surface area contributed by atoms with Crippen LogP contribution < -0.4 is 5.32 Å². The number of anilines is 1. The van der Waals surface area contributed by atoms with Crippen LogP contribution in [0.5, 0.6) is 0 Å². The van der Waals surface area contributed by atoms with Crippen molar-refractivity contribution in [2.45, 2.75) is 24.3 Å². The third-order valence-corrected chi connectivity index (χ3v) is 8.08. The second kappa shape index (κ2) is 9.80. The van der Waals surface area contributed by atoms with Gasteiger partial charge in [0.2, 0.25) is 15.9 Å². The second-order valence-corrected chi connectivity index (χ2v) is 10.5. The van der Waals surface area contributed by atoms with Crippen molar-refractivity contribution in [2.75, 3.05) is 18.4 Å². The largest absolute Gasteiger partial charge is 0.323 e. The lowest BCUT2D eigenvalue weighted by atomic mass is 9.97. The molecule has 11 heteroatoms. The molecule has 1 amide bonds. The van der Waals surface area contributed by atoms with E-state index in [1.165, 1.54) is 51.6 Å². The molecule has 0 atom stereocenters. The van der Waals surface area contributed by atoms with Crippen LogP contribution in [-0.2, 0) is 21.4 Å². The Hall–Kier alpha value is -2.46. The minimum Gasteiger partial charge on any atom is -0.323 e. The number of halogens is 3. The summed E-state index contributed by atoms with van der Waals surface area (Å²) in [7, 11) is -3.63. The van der Waals surface area contributed by atoms with Crippen molar-refractivity contribution in [1.29, 1.82) is 0 Å². The SMILES string of the molecule is O=C(Nc1cnn(Cc2c(F)cccc2Cl)c1)C1CCN(S(=O)(=O)c2ccc(Cl)cc2)CC1. The zero-order valence-corrected chi connectivity index (χ0v) is 19.7. The van der Waals surface area contributed by atoms with E-state index in [0.29, 0.717) is 34.1 Å². The predicted octanol–water partition coefficient (Wildman–Crippen LogP) is 4.42. The monoisotopic (exact) mass is 510 g/mol. The van der Waals surface area contributed by atoms with E-state index in [-0.39, 0.29) is 36.4 Å². The van der Waals surface area contributed by atoms with Crippen LogP contribution in [0.25, 0.3) is 0 Å². The zero-order chi connectivity index (χ0) is 23.6. The van der Waals surface area contributed by atoms with Crippen LogP contribution in [0, 0.1) is 11.7 Å². The van der Waals surface area contributed by atoms with E-state index in [9.17, 15) is 17.6 Å². The number of benzene rings is 2. The number of piperidine rings is 1. The number of hydrogen-bond acceptors (Lipinski definition) is 4. The Kier molecular flexibility index (Phi) is 7.04. The summed E-state index contributed by atoms with van der Waals surface area (Å²) >= 11 is 11.9. The van der Waals surface area contributed by atoms with Crippen molar-refractivity contribution < 1.29 is 17.6 Å². The summed E-state index contributed by atoms with van der Waals surface area (Å²) < 4.78 is 42.5. The van der Waals surface area contributed by atoms with Gasteiger partial charge in [-0.3, -0.25) is 9.48 Å². The highest BCUT2D eigenvalue weighted by atomic mass is 35.5. The van der Waals surface area contributed by atoms with E-state index in [1.54, 1.807) is 12.3 Å². The topological polar surface area (TPSA) is 84.3 Å². The Morgan fingerprint density at radius 2 is 1.82 bits per heavy atom. The van der Waals surface area contributed by atoms with E-state index in [0.717, 1.165) is 0 Å². The van der Waals surface area contributed by atoms with Gasteiger partial charge in [0.05, 0.1) is 23.3 Å². The van der Waals surface area contributed by atoms with Gasteiger partial charge in [-0.05, 0) is 49.2 Å². The molecule has 1 aliphatic rings. The van der Waals surface area contributed by atoms with Crippen LogP contribution in [0.1, 0.15) is 18.4 Å². The highest BCUT2D eigenvalue weighted by molar-refractivity contribution is 7.89. The molecule has 1 aromatic heterocycles. The van der Waals surface area contributed by atoms with Crippen molar-refractivity contribution in [3.63, 3.8) is 0 Å². The first-order valence-corrected chi connectivity index (χ1v) is 12.5. The second-order valence-electron chi connectivity index (χ2n) is 7.75. The van der Waals surface area contributed by atoms with Crippen molar-refractivity contribution in [2.24, 2.45) is 5.92 Å². The van der Waals surface area contributed by atoms with Crippen LogP contribution in [0.2, 0.25) is 10.0 Å². The van der Waals surface area contributed by atoms with Gasteiger partial charge in [-0.25, -0.2) is 12.8 Å². The maximum atomic E-state index is 14.0. The van der Waals surface area contributed by atoms with Gasteiger partial charge in [0.25, 0.3) is 0 Å². The lowest BCUT2D eigenvalue weighted by Crippen LogP contribution is -2.41. The number of aromatic nitrogens is 2. The zero-order valence-electron chi connectivity index (χ0n) is 17.4. The third kappa shape index (κ3) is 5.38. The Labute approximate surface area is 201 Å². The number of carbonyl (C=O) groups excluding carboxylic acids is 1. The summed E-state index contributed by atoms with van der Waals surface area (Å²) in [6, 6.07) is 10.5. The highest BCUT2D eigenvalue weighted by Crippen LogP contribution is 2.26. The van der Waals surface area contributed by atoms with Crippen molar-refractivity contribution in [3.8, 4) is 0 Å². The van der Waals surface area contributed by atoms with E-state index in [1.807, 2.05) is 0 Å². The van der Waals surface area contributed by atoms with Gasteiger partial charge in [-0.2, -0.15) is 9.40 Å². The van der Waals surface area contributed by atoms with Crippen molar-refractivity contribution in [1.82, 2.24) is 14.1 Å². The summed E-state index contributed by atoms with van der Waals surface area (Å²) in [5.74, 6) is -0.961. The van der Waals surface area contributed by atoms with Gasteiger partial charge in [0.15, 0.2) is 0 Å². The third-order valence-electron chi connectivity index (χ3n) is 5.56. The van der Waals surface area contributed by atoms with Gasteiger partial charge in [0, 0.05) is 40.8 Å². The average molecular weight is 511 g/mol. The molecule has 3 aromatic rings. The molecule has 0 radical (unpaired) electrons. The molecule has 0 unspecified atom stereocenters. The van der Waals surface area contributed by atoms with E-state index in [2.05, 4.69) is 10.4 Å². The molecule has 2 aromatic carbocycles. The molecule has 0 saturated carbocycles. The molecular weight excluding hydrogens is 490 g/mol. The standard InChI is InChI=1S/C22H21Cl2FN4O3S/c23-16-4-6-18(7-5-16)33(31,32)29-10-8-15(9-11-29)22(30)27-17-12-26-28(13-17)14-19-20(24)2-1-3-21(19)25/h1-7,12-13,15H,8-11,14H2,(H,27,30). The van der Waals surface area contributed by atoms with E-state index < -0.39 is 15.8 Å². The van der Waals surface area contributed by atoms with Crippen LogP contribution in [-0.4, -0.2) is 41.5 Å². The summed E-state index contributed by atoms with van der Waals surface area (Å²) in [4.78, 5) is 12.9. The predicted molar refractivity (Wildman–Crippen MR) is 124 cm³/mol. The van der Waals surface area contributed by atoms with Crippen LogP contribution in [0.4, 0.5) is 10.1 Å². The Morgan fingerprint density at radius 3 is 2.48 bits per heavy atom. The van der Waals surface area contributed by atoms with E-state index >= 15 is 0 Å². The fraction of sp³-hybridized carbons (Fsp3) is 0.273. The van der Waals surface area contributed by atoms with Gasteiger partial charge in [-0.1, -0.05) is 29.3 Å². The molecule has 174 valence electrons. The maximum absolute atomic E-state index is 14.0. The molecule has 0 aliphatic carbocycles. The number of nitrogens with one attached hydrogen (secondary N) is 1. The summed E-state index contributed by atoms with van der Waals surface area (Å²) in [5, 5.41) is 7.73. The van der Waals surface area contributed by atoms with Gasteiger partial charge < -0.3 is 5.32 Å². The molecule has 7 nitrogen and oxygen atoms in total. The molecule has 1 N–H and O–H groups in total. The number of hydrogen-bond donors (Lipinski definition) is 1. The molecule has 1 fully saturated rings. The molecule has 1 saturated heterocycles. The number of amides is 1. The van der Waals surface area contributed by atoms with E-state index in [4.69, 9.17) is 23.2 Å². The number of rotatable bonds is 6. The first kappa shape index (κ1) is 23.7. The highest BCUT2D eigenvalue weighted by Gasteiger charge is 2.32. The summed E-state index contributed by atoms with van der Waals surface area (Å²) in [5.41, 5.74) is 0.790. The van der Waals surface area contributed by atoms with Crippen LogP contribution in [0.15, 0.2) is 59.8 Å². The Balaban J connectivity index is 1.34. The quantitative estimate of drug-likeness (QED) is 0.531. The Bertz CT molecular complexity index is 1240. The molecule has 4 rings (SSSR count). The van der Waals surface area contributed by atoms with Crippen LogP contribution >= 0.6 is 23.2 Å². The van der Waals surface area contributed by atoms with Gasteiger partial charge in [-0.15, -0.1) is 0 Å². The van der Waals surface area contributed by atoms with Crippen molar-refractivity contribution >= 4 is 44.8 Å². The minimum absolute atomic E-state index is 0.127. The van der Waals surface area contributed by atoms with Gasteiger partial charge in [0.1, 0.15) is 5.82 Å². The fourth-order valence-corrected chi connectivity index (χ4v) is 5.54. The van der Waals surface area contributed by atoms with Crippen LogP contribution in [0.3, 0.4) is 0 Å². The Morgan fingerprint density at radius 1 is 1.12 bits per heavy atom. The molecule has 0 spiro atoms. The molecule has 33 heavy (non-hydrogen) atoms. The fourth-order valence-electron chi connectivity index (χ4n) is 3.72. The normalized spacial score (nSPS) is 15.5. The number of nitrogens with zero attached hydrogens (tertiary/aromatic N) is 3. The number of carbonyl (C=O) groups is 1. The molecule has 1 aliphatic heterocycles. The molecule has 2 heterocycles. The first-order valence-electron chi connectivity index (χ1n) is 10.3. The van der Waals surface area contributed by atoms with Crippen molar-refractivity contribution in [3.05, 3.63) is 76.3 Å². The summed E-state index contributed by atoms with van der Waals surface area (Å²) in [6.07, 6.45) is 3.88. The minimum atomic E-state index is -3.63. The lowest BCUT2D eigenvalue weighted by molar-refractivity contribution is -0.120. The average Bonchev–Trinajstić information content (AvgIpc) is 3.23. The first-order chi connectivity index (χ1) is 15.7.